The van der Waals surface area contributed by atoms with Gasteiger partial charge in [0.15, 0.2) is 11.5 Å². The standard InChI is InChI=1S/C40H49NO10/c1-23-17-18-39(50-27(23)5)21-31-20-30(51-39)16-15-25(3)35(49-38(44)33(41-46-6)28-12-8-7-9-13-28)24(2)11-10-14-29-22-47-36-34(42)26(4)19-32(37(43)48-31)40(29,36)45/h7-15,19,23-24,27,30-31,34-36,42,45H,4,16-18,20-22H2,1-3,5-6H3/b11-10+,25-15+,29-14+,41-33?/t23-,24-,27+,30+,31-,34+,35+,36?,39?,40+/m0/s1. The topological polar surface area (TPSA) is 142 Å². The molecule has 0 aromatic heterocycles. The van der Waals surface area contributed by atoms with E-state index in [0.29, 0.717) is 42.7 Å². The van der Waals surface area contributed by atoms with Gasteiger partial charge in [-0.15, -0.1) is 0 Å². The van der Waals surface area contributed by atoms with Gasteiger partial charge in [0.1, 0.15) is 37.1 Å². The summed E-state index contributed by atoms with van der Waals surface area (Å²) >= 11 is 0. The van der Waals surface area contributed by atoms with Gasteiger partial charge in [-0.25, -0.2) is 9.59 Å². The van der Waals surface area contributed by atoms with Gasteiger partial charge in [-0.2, -0.15) is 0 Å². The number of fused-ring (bicyclic) bond motifs is 2. The molecule has 3 fully saturated rings. The van der Waals surface area contributed by atoms with Gasteiger partial charge in [0.25, 0.3) is 0 Å². The maximum absolute atomic E-state index is 14.0. The van der Waals surface area contributed by atoms with Gasteiger partial charge in [-0.1, -0.05) is 80.2 Å². The second-order valence-electron chi connectivity index (χ2n) is 14.5. The third-order valence-electron chi connectivity index (χ3n) is 10.8. The molecule has 11 nitrogen and oxygen atoms in total. The number of nitrogens with zero attached hydrogens (tertiary/aromatic N) is 1. The van der Waals surface area contributed by atoms with Gasteiger partial charge in [-0.3, -0.25) is 0 Å². The largest absolute Gasteiger partial charge is 0.459 e. The Morgan fingerprint density at radius 2 is 1.88 bits per heavy atom. The number of hydrogen-bond acceptors (Lipinski definition) is 11. The van der Waals surface area contributed by atoms with E-state index in [2.05, 4.69) is 18.7 Å². The number of aliphatic hydroxyl groups is 2. The van der Waals surface area contributed by atoms with Crippen molar-refractivity contribution in [2.45, 2.75) is 108 Å². The van der Waals surface area contributed by atoms with Crippen molar-refractivity contribution in [3.8, 4) is 0 Å². The van der Waals surface area contributed by atoms with Crippen molar-refractivity contribution in [1.29, 1.82) is 0 Å². The van der Waals surface area contributed by atoms with Crippen LogP contribution in [0.25, 0.3) is 0 Å². The van der Waals surface area contributed by atoms with E-state index in [4.69, 9.17) is 28.5 Å². The SMILES string of the molecule is C=C1C=C2C(=O)O[C@H]3C[C@@H](C/C=C(\C)[C@H](OC(=O)C(=NOC)c4ccccc4)[C@@H](C)/C=C/C=C4\COC([C@@H]1O)[C@]24O)OC1(CC[C@H](C)[C@@H](C)O1)C3. The Morgan fingerprint density at radius 1 is 1.12 bits per heavy atom. The first-order chi connectivity index (χ1) is 24.3. The molecule has 1 spiro atoms. The average molecular weight is 704 g/mol. The van der Waals surface area contributed by atoms with Crippen molar-refractivity contribution in [2.75, 3.05) is 13.7 Å². The lowest BCUT2D eigenvalue weighted by Gasteiger charge is -2.49. The highest BCUT2D eigenvalue weighted by atomic mass is 16.7. The molecule has 6 rings (SSSR count). The number of benzene rings is 1. The van der Waals surface area contributed by atoms with E-state index in [-0.39, 0.29) is 35.5 Å². The van der Waals surface area contributed by atoms with Gasteiger partial charge in [0.2, 0.25) is 0 Å². The molecule has 51 heavy (non-hydrogen) atoms. The highest BCUT2D eigenvalue weighted by molar-refractivity contribution is 6.43. The van der Waals surface area contributed by atoms with Gasteiger partial charge in [0, 0.05) is 30.7 Å². The molecule has 10 atom stereocenters. The summed E-state index contributed by atoms with van der Waals surface area (Å²) in [4.78, 5) is 32.7. The molecule has 0 amide bonds. The van der Waals surface area contributed by atoms with Crippen molar-refractivity contribution < 1.29 is 48.3 Å². The Kier molecular flexibility index (Phi) is 10.9. The van der Waals surface area contributed by atoms with Crippen molar-refractivity contribution in [2.24, 2.45) is 17.0 Å². The minimum atomic E-state index is -1.96. The molecule has 11 heteroatoms. The van der Waals surface area contributed by atoms with Crippen LogP contribution >= 0.6 is 0 Å². The van der Waals surface area contributed by atoms with Crippen molar-refractivity contribution >= 4 is 17.7 Å². The monoisotopic (exact) mass is 703 g/mol. The van der Waals surface area contributed by atoms with E-state index in [1.165, 1.54) is 13.2 Å². The summed E-state index contributed by atoms with van der Waals surface area (Å²) in [7, 11) is 1.37. The Bertz CT molecular complexity index is 1660. The zero-order valence-electron chi connectivity index (χ0n) is 29.9. The molecule has 1 aliphatic carbocycles. The van der Waals surface area contributed by atoms with E-state index in [0.717, 1.165) is 12.0 Å². The van der Waals surface area contributed by atoms with Crippen LogP contribution in [0.2, 0.25) is 0 Å². The van der Waals surface area contributed by atoms with E-state index >= 15 is 0 Å². The van der Waals surface area contributed by atoms with Gasteiger partial charge >= 0.3 is 11.9 Å². The number of aliphatic hydroxyl groups excluding tert-OH is 1. The van der Waals surface area contributed by atoms with Crippen LogP contribution in [0.5, 0.6) is 0 Å². The van der Waals surface area contributed by atoms with Crippen LogP contribution in [0, 0.1) is 11.8 Å². The van der Waals surface area contributed by atoms with E-state index in [1.807, 2.05) is 39.0 Å². The van der Waals surface area contributed by atoms with Crippen LogP contribution < -0.4 is 0 Å². The first-order valence-corrected chi connectivity index (χ1v) is 17.8. The second-order valence-corrected chi connectivity index (χ2v) is 14.5. The molecule has 0 radical (unpaired) electrons. The highest BCUT2D eigenvalue weighted by Gasteiger charge is 2.58. The average Bonchev–Trinajstić information content (AvgIpc) is 3.44. The molecule has 2 N–H and O–H groups in total. The summed E-state index contributed by atoms with van der Waals surface area (Å²) < 4.78 is 31.5. The summed E-state index contributed by atoms with van der Waals surface area (Å²) in [6.07, 6.45) is 7.16. The number of hydrogen-bond donors (Lipinski definition) is 2. The van der Waals surface area contributed by atoms with Crippen molar-refractivity contribution in [3.63, 3.8) is 0 Å². The second kappa shape index (κ2) is 15.0. The molecule has 4 heterocycles. The minimum Gasteiger partial charge on any atom is -0.459 e. The van der Waals surface area contributed by atoms with Gasteiger partial charge < -0.3 is 38.7 Å². The van der Waals surface area contributed by atoms with Crippen molar-refractivity contribution in [3.05, 3.63) is 95.1 Å². The van der Waals surface area contributed by atoms with Crippen molar-refractivity contribution in [1.82, 2.24) is 0 Å². The Hall–Kier alpha value is -3.87. The number of rotatable bonds is 4. The van der Waals surface area contributed by atoms with Crippen LogP contribution in [0.15, 0.2) is 94.7 Å². The molecule has 1 aromatic rings. The predicted molar refractivity (Wildman–Crippen MR) is 188 cm³/mol. The van der Waals surface area contributed by atoms with Gasteiger partial charge in [0.05, 0.1) is 24.4 Å². The Morgan fingerprint density at radius 3 is 2.61 bits per heavy atom. The summed E-state index contributed by atoms with van der Waals surface area (Å²) in [6.45, 7) is 11.9. The van der Waals surface area contributed by atoms with E-state index in [9.17, 15) is 19.8 Å². The van der Waals surface area contributed by atoms with Crippen LogP contribution in [0.3, 0.4) is 0 Å². The Labute approximate surface area is 299 Å². The lowest BCUT2D eigenvalue weighted by Crippen LogP contribution is -2.55. The third-order valence-corrected chi connectivity index (χ3v) is 10.8. The maximum atomic E-state index is 14.0. The summed E-state index contributed by atoms with van der Waals surface area (Å²) in [6, 6.07) is 8.96. The first-order valence-electron chi connectivity index (χ1n) is 17.8. The number of allylic oxidation sites excluding steroid dienone is 2. The van der Waals surface area contributed by atoms with Gasteiger partial charge in [-0.05, 0) is 55.4 Å². The number of carbonyl (C=O) groups excluding carboxylic acids is 2. The Balaban J connectivity index is 1.40. The normalized spacial score (nSPS) is 40.1. The van der Waals surface area contributed by atoms with Crippen LogP contribution in [-0.2, 0) is 38.1 Å². The number of esters is 2. The minimum absolute atomic E-state index is 0.0319. The molecule has 5 aliphatic rings. The predicted octanol–water partition coefficient (Wildman–Crippen LogP) is 5.03. The fourth-order valence-electron chi connectivity index (χ4n) is 7.77. The molecule has 3 saturated heterocycles. The molecule has 274 valence electrons. The lowest BCUT2D eigenvalue weighted by atomic mass is 9.74. The summed E-state index contributed by atoms with van der Waals surface area (Å²) in [5, 5.41) is 27.2. The van der Waals surface area contributed by atoms with Crippen LogP contribution in [0.4, 0.5) is 0 Å². The van der Waals surface area contributed by atoms with Crippen LogP contribution in [0.1, 0.15) is 65.4 Å². The van der Waals surface area contributed by atoms with Crippen LogP contribution in [-0.4, -0.2) is 89.6 Å². The molecule has 2 bridgehead atoms. The van der Waals surface area contributed by atoms with E-state index < -0.39 is 53.8 Å². The highest BCUT2D eigenvalue weighted by Crippen LogP contribution is 2.46. The zero-order valence-corrected chi connectivity index (χ0v) is 29.9. The summed E-state index contributed by atoms with van der Waals surface area (Å²) in [5.74, 6) is -2.34. The number of ether oxygens (including phenoxy) is 5. The number of carbonyl (C=O) groups is 2. The fraction of sp³-hybridized carbons (Fsp3) is 0.525. The molecule has 4 aliphatic heterocycles. The smallest absolute Gasteiger partial charge is 0.361 e. The fourth-order valence-corrected chi connectivity index (χ4v) is 7.77. The molecule has 0 saturated carbocycles. The van der Waals surface area contributed by atoms with E-state index in [1.54, 1.807) is 36.4 Å². The quantitative estimate of drug-likeness (QED) is 0.190. The first kappa shape index (κ1) is 36.9. The molecule has 1 aromatic carbocycles. The molecule has 2 unspecified atom stereocenters. The molecular formula is C40H49NO10. The maximum Gasteiger partial charge on any atom is 0.361 e. The third kappa shape index (κ3) is 7.41. The zero-order chi connectivity index (χ0) is 36.5. The lowest BCUT2D eigenvalue weighted by molar-refractivity contribution is -0.332. The number of oxime groups is 1. The summed E-state index contributed by atoms with van der Waals surface area (Å²) in [5.41, 5.74) is -0.0177. The molecular weight excluding hydrogens is 654 g/mol.